The minimum absolute atomic E-state index is 0.0312. The maximum atomic E-state index is 8.82. The van der Waals surface area contributed by atoms with Crippen molar-refractivity contribution in [1.29, 1.82) is 5.26 Å². The van der Waals surface area contributed by atoms with Crippen LogP contribution < -0.4 is 31.0 Å². The largest absolute Gasteiger partial charge is 0.495 e. The maximum Gasteiger partial charge on any atom is 0.158 e. The molecule has 2 unspecified atom stereocenters. The summed E-state index contributed by atoms with van der Waals surface area (Å²) >= 11 is 0. The molecule has 0 saturated carbocycles. The molecule has 2 aromatic heterocycles. The molecule has 4 heterocycles. The number of nitrogens with one attached hydrogen (secondary N) is 4. The van der Waals surface area contributed by atoms with E-state index >= 15 is 0 Å². The third kappa shape index (κ3) is 3.96. The van der Waals surface area contributed by atoms with Gasteiger partial charge in [0.05, 0.1) is 56.3 Å². The summed E-state index contributed by atoms with van der Waals surface area (Å²) in [7, 11) is 1.63. The molecule has 2 fully saturated rings. The molecule has 0 spiro atoms. The Morgan fingerprint density at radius 1 is 1.18 bits per heavy atom. The Balaban J connectivity index is 1.45. The predicted molar refractivity (Wildman–Crippen MR) is 100 cm³/mol. The van der Waals surface area contributed by atoms with Crippen LogP contribution in [-0.4, -0.2) is 47.9 Å². The summed E-state index contributed by atoms with van der Waals surface area (Å²) in [6.07, 6.45) is 7.06. The van der Waals surface area contributed by atoms with Gasteiger partial charge in [0.15, 0.2) is 5.69 Å². The zero-order valence-electron chi connectivity index (χ0n) is 15.5. The third-order valence-electron chi connectivity index (χ3n) is 4.82. The second kappa shape index (κ2) is 8.35. The molecule has 4 rings (SSSR count). The number of nitriles is 1. The van der Waals surface area contributed by atoms with Crippen LogP contribution in [0.3, 0.4) is 0 Å². The lowest BCUT2D eigenvalue weighted by Gasteiger charge is -2.27. The molecule has 2 saturated heterocycles. The van der Waals surface area contributed by atoms with Gasteiger partial charge in [-0.15, -0.1) is 0 Å². The number of hydrazine groups is 1. The van der Waals surface area contributed by atoms with Crippen LogP contribution >= 0.6 is 0 Å². The van der Waals surface area contributed by atoms with Crippen LogP contribution in [0.4, 0.5) is 5.82 Å². The molecule has 2 aliphatic rings. The Morgan fingerprint density at radius 3 is 2.71 bits per heavy atom. The topological polar surface area (TPSA) is 129 Å². The Labute approximate surface area is 162 Å². The van der Waals surface area contributed by atoms with E-state index in [9.17, 15) is 0 Å². The summed E-state index contributed by atoms with van der Waals surface area (Å²) in [5.41, 5.74) is 7.72. The number of pyridine rings is 1. The van der Waals surface area contributed by atoms with Crippen molar-refractivity contribution in [3.63, 3.8) is 0 Å². The number of rotatable bonds is 7. The fourth-order valence-electron chi connectivity index (χ4n) is 3.21. The van der Waals surface area contributed by atoms with Crippen molar-refractivity contribution in [2.45, 2.75) is 18.6 Å². The van der Waals surface area contributed by atoms with Crippen molar-refractivity contribution in [2.24, 2.45) is 5.92 Å². The zero-order chi connectivity index (χ0) is 19.3. The molecule has 0 aliphatic carbocycles. The van der Waals surface area contributed by atoms with E-state index in [1.54, 1.807) is 25.7 Å². The molecule has 10 nitrogen and oxygen atoms in total. The lowest BCUT2D eigenvalue weighted by molar-refractivity contribution is 0.195. The van der Waals surface area contributed by atoms with E-state index in [1.807, 2.05) is 6.07 Å². The number of hydrogen-bond donors (Lipinski definition) is 4. The highest BCUT2D eigenvalue weighted by Gasteiger charge is 2.31. The van der Waals surface area contributed by atoms with Crippen molar-refractivity contribution < 1.29 is 9.47 Å². The number of nitrogens with zero attached hydrogens (tertiary/aromatic N) is 4. The lowest BCUT2D eigenvalue weighted by Crippen LogP contribution is -2.45. The molecule has 2 aromatic rings. The molecule has 0 amide bonds. The summed E-state index contributed by atoms with van der Waals surface area (Å²) in [6.45, 7) is 2.61. The average molecular weight is 382 g/mol. The Bertz CT molecular complexity index is 850. The third-order valence-corrected chi connectivity index (χ3v) is 4.82. The summed E-state index contributed by atoms with van der Waals surface area (Å²) < 4.78 is 11.6. The molecule has 4 N–H and O–H groups in total. The van der Waals surface area contributed by atoms with Crippen molar-refractivity contribution >= 4 is 5.82 Å². The number of ether oxygens (including phenoxy) is 2. The van der Waals surface area contributed by atoms with Crippen molar-refractivity contribution in [3.05, 3.63) is 36.0 Å². The molecule has 2 aliphatic heterocycles. The van der Waals surface area contributed by atoms with Gasteiger partial charge >= 0.3 is 0 Å². The van der Waals surface area contributed by atoms with E-state index < -0.39 is 0 Å². The minimum atomic E-state index is -0.0752. The Hall–Kier alpha value is -3.00. The van der Waals surface area contributed by atoms with Gasteiger partial charge in [-0.3, -0.25) is 4.98 Å². The highest BCUT2D eigenvalue weighted by atomic mass is 16.5. The summed E-state index contributed by atoms with van der Waals surface area (Å²) in [5, 5.41) is 15.3. The highest BCUT2D eigenvalue weighted by molar-refractivity contribution is 5.45. The predicted octanol–water partition coefficient (Wildman–Crippen LogP) is 0.327. The second-order valence-corrected chi connectivity index (χ2v) is 6.76. The van der Waals surface area contributed by atoms with Crippen molar-refractivity contribution in [1.82, 2.24) is 31.1 Å². The van der Waals surface area contributed by atoms with E-state index in [0.29, 0.717) is 24.1 Å². The standard InChI is InChI=1S/C18H22N8O2/c1-27-14-7-21-8-15(28-10-11-4-20-5-11)18(14)13-2-16(26-25-13)24-17-9-22-12(3-19)6-23-17/h6-9,11,13,16,20,25-26H,2,4-5,10H2,1H3,(H,23,24). The first-order valence-electron chi connectivity index (χ1n) is 9.12. The minimum Gasteiger partial charge on any atom is -0.495 e. The molecule has 10 heteroatoms. The Morgan fingerprint density at radius 2 is 2.04 bits per heavy atom. The normalized spacial score (nSPS) is 21.6. The van der Waals surface area contributed by atoms with Gasteiger partial charge in [0.25, 0.3) is 0 Å². The maximum absolute atomic E-state index is 8.82. The van der Waals surface area contributed by atoms with Gasteiger partial charge in [-0.25, -0.2) is 20.8 Å². The van der Waals surface area contributed by atoms with Gasteiger partial charge in [0.1, 0.15) is 23.4 Å². The average Bonchev–Trinajstić information content (AvgIpc) is 3.15. The van der Waals surface area contributed by atoms with Gasteiger partial charge in [0, 0.05) is 25.4 Å². The fraction of sp³-hybridized carbons (Fsp3) is 0.444. The van der Waals surface area contributed by atoms with Crippen molar-refractivity contribution in [3.8, 4) is 17.6 Å². The van der Waals surface area contributed by atoms with E-state index in [2.05, 4.69) is 36.4 Å². The van der Waals surface area contributed by atoms with Crippen LogP contribution in [0.1, 0.15) is 23.7 Å². The fourth-order valence-corrected chi connectivity index (χ4v) is 3.21. The van der Waals surface area contributed by atoms with Crippen LogP contribution in [0.15, 0.2) is 24.8 Å². The van der Waals surface area contributed by atoms with E-state index in [0.717, 1.165) is 30.8 Å². The number of anilines is 1. The molecule has 0 radical (unpaired) electrons. The molecule has 2 atom stereocenters. The van der Waals surface area contributed by atoms with Crippen LogP contribution in [0.2, 0.25) is 0 Å². The Kier molecular flexibility index (Phi) is 5.48. The van der Waals surface area contributed by atoms with Gasteiger partial charge in [-0.1, -0.05) is 0 Å². The molecular formula is C18H22N8O2. The van der Waals surface area contributed by atoms with Gasteiger partial charge in [0.2, 0.25) is 0 Å². The smallest absolute Gasteiger partial charge is 0.158 e. The van der Waals surface area contributed by atoms with Crippen LogP contribution in [-0.2, 0) is 0 Å². The molecule has 146 valence electrons. The van der Waals surface area contributed by atoms with Crippen LogP contribution in [0.5, 0.6) is 11.5 Å². The molecule has 28 heavy (non-hydrogen) atoms. The quantitative estimate of drug-likeness (QED) is 0.531. The van der Waals surface area contributed by atoms with E-state index in [4.69, 9.17) is 14.7 Å². The number of methoxy groups -OCH3 is 1. The van der Waals surface area contributed by atoms with Gasteiger partial charge < -0.3 is 20.1 Å². The number of hydrogen-bond acceptors (Lipinski definition) is 10. The summed E-state index contributed by atoms with van der Waals surface area (Å²) in [6, 6.07) is 1.93. The van der Waals surface area contributed by atoms with Crippen molar-refractivity contribution in [2.75, 3.05) is 32.1 Å². The highest BCUT2D eigenvalue weighted by Crippen LogP contribution is 2.37. The van der Waals surface area contributed by atoms with Gasteiger partial charge in [-0.2, -0.15) is 5.26 Å². The molecule has 0 aromatic carbocycles. The van der Waals surface area contributed by atoms with Crippen LogP contribution in [0.25, 0.3) is 0 Å². The second-order valence-electron chi connectivity index (χ2n) is 6.76. The lowest BCUT2D eigenvalue weighted by atomic mass is 10.0. The SMILES string of the molecule is COc1cncc(OCC2CNC2)c1C1CC(Nc2cnc(C#N)cn2)NN1. The first kappa shape index (κ1) is 18.4. The molecule has 0 bridgehead atoms. The summed E-state index contributed by atoms with van der Waals surface area (Å²) in [5.74, 6) is 2.53. The first-order chi connectivity index (χ1) is 13.8. The number of aromatic nitrogens is 3. The van der Waals surface area contributed by atoms with E-state index in [-0.39, 0.29) is 17.9 Å². The summed E-state index contributed by atoms with van der Waals surface area (Å²) in [4.78, 5) is 12.5. The molecular weight excluding hydrogens is 360 g/mol. The monoisotopic (exact) mass is 382 g/mol. The van der Waals surface area contributed by atoms with E-state index in [1.165, 1.54) is 6.20 Å². The first-order valence-corrected chi connectivity index (χ1v) is 9.12. The zero-order valence-corrected chi connectivity index (χ0v) is 15.5. The van der Waals surface area contributed by atoms with Gasteiger partial charge in [-0.05, 0) is 0 Å². The van der Waals surface area contributed by atoms with Crippen LogP contribution in [0, 0.1) is 17.2 Å².